The molecule has 2 heterocycles. The lowest BCUT2D eigenvalue weighted by Crippen LogP contribution is -2.28. The number of imide groups is 1. The van der Waals surface area contributed by atoms with Gasteiger partial charge in [-0.25, -0.2) is 0 Å². The zero-order chi connectivity index (χ0) is 19.4. The second kappa shape index (κ2) is 6.34. The average molecular weight is 397 g/mol. The number of hydrazone groups is 1. The van der Waals surface area contributed by atoms with Crippen LogP contribution in [0.15, 0.2) is 52.0 Å². The van der Waals surface area contributed by atoms with Crippen molar-refractivity contribution in [1.82, 2.24) is 5.01 Å². The molecule has 4 atom stereocenters. The Kier molecular flexibility index (Phi) is 3.91. The molecule has 2 aliphatic carbocycles. The lowest BCUT2D eigenvalue weighted by molar-refractivity contribution is -0.140. The molecule has 6 nitrogen and oxygen atoms in total. The lowest BCUT2D eigenvalue weighted by Gasteiger charge is -2.13. The van der Waals surface area contributed by atoms with E-state index >= 15 is 0 Å². The van der Waals surface area contributed by atoms with E-state index in [4.69, 9.17) is 20.8 Å². The summed E-state index contributed by atoms with van der Waals surface area (Å²) in [6, 6.07) is 8.73. The van der Waals surface area contributed by atoms with Crippen molar-refractivity contribution in [3.63, 3.8) is 0 Å². The first-order valence-electron chi connectivity index (χ1n) is 9.10. The number of rotatable bonds is 4. The number of carbonyl (C=O) groups is 2. The van der Waals surface area contributed by atoms with E-state index in [1.807, 2.05) is 0 Å². The maximum atomic E-state index is 12.7. The van der Waals surface area contributed by atoms with Gasteiger partial charge < -0.3 is 9.15 Å². The van der Waals surface area contributed by atoms with Crippen molar-refractivity contribution in [3.8, 4) is 17.1 Å². The molecule has 2 amide bonds. The van der Waals surface area contributed by atoms with Gasteiger partial charge in [-0.15, -0.1) is 0 Å². The van der Waals surface area contributed by atoms with Gasteiger partial charge in [0.2, 0.25) is 0 Å². The van der Waals surface area contributed by atoms with Gasteiger partial charge in [0, 0.05) is 5.02 Å². The Morgan fingerprint density at radius 2 is 1.86 bits per heavy atom. The van der Waals surface area contributed by atoms with Gasteiger partial charge in [-0.1, -0.05) is 23.8 Å². The minimum absolute atomic E-state index is 0.164. The van der Waals surface area contributed by atoms with E-state index in [0.717, 1.165) is 11.4 Å². The number of halogens is 1. The monoisotopic (exact) mass is 396 g/mol. The maximum absolute atomic E-state index is 12.7. The van der Waals surface area contributed by atoms with Gasteiger partial charge in [-0.2, -0.15) is 10.1 Å². The second-order valence-electron chi connectivity index (χ2n) is 7.28. The number of carbonyl (C=O) groups excluding carboxylic acids is 2. The molecule has 2 bridgehead atoms. The van der Waals surface area contributed by atoms with Gasteiger partial charge >= 0.3 is 0 Å². The number of fused-ring (bicyclic) bond motifs is 5. The summed E-state index contributed by atoms with van der Waals surface area (Å²) >= 11 is 6.07. The third kappa shape index (κ3) is 2.52. The molecule has 7 heteroatoms. The van der Waals surface area contributed by atoms with Gasteiger partial charge in [0.05, 0.1) is 30.7 Å². The van der Waals surface area contributed by atoms with Gasteiger partial charge in [0.25, 0.3) is 11.8 Å². The Hall–Kier alpha value is -2.86. The van der Waals surface area contributed by atoms with Gasteiger partial charge in [0.1, 0.15) is 17.3 Å². The summed E-state index contributed by atoms with van der Waals surface area (Å²) in [4.78, 5) is 25.3. The number of ether oxygens (including phenoxy) is 1. The fraction of sp³-hybridized carbons (Fsp3) is 0.286. The topological polar surface area (TPSA) is 72.1 Å². The molecule has 1 aromatic heterocycles. The van der Waals surface area contributed by atoms with Crippen LogP contribution in [0.3, 0.4) is 0 Å². The molecule has 5 rings (SSSR count). The SMILES string of the molecule is COc1ccc(Cl)cc1-c1ccc(/C=N/N2C(=O)C3C4C=CC(C4)C3C2=O)o1. The summed E-state index contributed by atoms with van der Waals surface area (Å²) in [5, 5.41) is 5.70. The molecule has 1 saturated carbocycles. The minimum Gasteiger partial charge on any atom is -0.496 e. The van der Waals surface area contributed by atoms with E-state index in [1.165, 1.54) is 6.21 Å². The van der Waals surface area contributed by atoms with E-state index in [0.29, 0.717) is 27.9 Å². The van der Waals surface area contributed by atoms with Crippen molar-refractivity contribution in [3.05, 3.63) is 53.3 Å². The molecule has 0 N–H and O–H groups in total. The molecular weight excluding hydrogens is 380 g/mol. The van der Waals surface area contributed by atoms with E-state index in [2.05, 4.69) is 17.3 Å². The highest BCUT2D eigenvalue weighted by atomic mass is 35.5. The Morgan fingerprint density at radius 3 is 2.54 bits per heavy atom. The fourth-order valence-corrected chi connectivity index (χ4v) is 4.73. The molecule has 1 aliphatic heterocycles. The zero-order valence-corrected chi connectivity index (χ0v) is 15.8. The molecule has 1 aromatic carbocycles. The van der Waals surface area contributed by atoms with E-state index in [1.54, 1.807) is 37.4 Å². The molecule has 28 heavy (non-hydrogen) atoms. The highest BCUT2D eigenvalue weighted by Gasteiger charge is 2.59. The molecule has 142 valence electrons. The number of nitrogens with zero attached hydrogens (tertiary/aromatic N) is 2. The van der Waals surface area contributed by atoms with Gasteiger partial charge in [0.15, 0.2) is 0 Å². The largest absolute Gasteiger partial charge is 0.496 e. The minimum atomic E-state index is -0.262. The Morgan fingerprint density at radius 1 is 1.14 bits per heavy atom. The van der Waals surface area contributed by atoms with Crippen molar-refractivity contribution in [2.75, 3.05) is 7.11 Å². The third-order valence-corrected chi connectivity index (χ3v) is 6.04. The Bertz CT molecular complexity index is 1010. The summed E-state index contributed by atoms with van der Waals surface area (Å²) in [6.45, 7) is 0. The van der Waals surface area contributed by atoms with Crippen molar-refractivity contribution >= 4 is 29.6 Å². The van der Waals surface area contributed by atoms with Gasteiger partial charge in [-0.3, -0.25) is 9.59 Å². The zero-order valence-electron chi connectivity index (χ0n) is 15.0. The van der Waals surface area contributed by atoms with Crippen molar-refractivity contribution in [1.29, 1.82) is 0 Å². The summed E-state index contributed by atoms with van der Waals surface area (Å²) < 4.78 is 11.1. The summed E-state index contributed by atoms with van der Waals surface area (Å²) in [7, 11) is 1.57. The highest BCUT2D eigenvalue weighted by Crippen LogP contribution is 2.52. The van der Waals surface area contributed by atoms with E-state index in [9.17, 15) is 9.59 Å². The predicted octanol–water partition coefficient (Wildman–Crippen LogP) is 3.75. The van der Waals surface area contributed by atoms with Crippen LogP contribution in [-0.2, 0) is 9.59 Å². The molecule has 2 fully saturated rings. The smallest absolute Gasteiger partial charge is 0.254 e. The van der Waals surface area contributed by atoms with E-state index < -0.39 is 0 Å². The second-order valence-corrected chi connectivity index (χ2v) is 7.72. The maximum Gasteiger partial charge on any atom is 0.254 e. The van der Waals surface area contributed by atoms with Crippen LogP contribution in [-0.4, -0.2) is 30.1 Å². The molecular formula is C21H17ClN2O4. The Balaban J connectivity index is 1.38. The molecule has 0 spiro atoms. The lowest BCUT2D eigenvalue weighted by atomic mass is 9.85. The fourth-order valence-electron chi connectivity index (χ4n) is 4.55. The third-order valence-electron chi connectivity index (χ3n) is 5.80. The van der Waals surface area contributed by atoms with Crippen molar-refractivity contribution in [2.45, 2.75) is 6.42 Å². The first kappa shape index (κ1) is 17.3. The normalized spacial score (nSPS) is 28.0. The average Bonchev–Trinajstić information content (AvgIpc) is 3.46. The van der Waals surface area contributed by atoms with Crippen molar-refractivity contribution < 1.29 is 18.7 Å². The van der Waals surface area contributed by atoms with Crippen LogP contribution in [0.25, 0.3) is 11.3 Å². The van der Waals surface area contributed by atoms with Crippen LogP contribution in [0.5, 0.6) is 5.75 Å². The predicted molar refractivity (Wildman–Crippen MR) is 103 cm³/mol. The quantitative estimate of drug-likeness (QED) is 0.448. The number of amides is 2. The summed E-state index contributed by atoms with van der Waals surface area (Å²) in [5.41, 5.74) is 0.708. The van der Waals surface area contributed by atoms with Crippen molar-refractivity contribution in [2.24, 2.45) is 28.8 Å². The standard InChI is InChI=1S/C21H17ClN2O4/c1-27-16-6-4-13(22)9-15(16)17-7-5-14(28-17)10-23-24-20(25)18-11-2-3-12(8-11)19(18)21(24)26/h2-7,9-12,18-19H,8H2,1H3/b23-10+. The van der Waals surface area contributed by atoms with Gasteiger partial charge in [-0.05, 0) is 48.6 Å². The highest BCUT2D eigenvalue weighted by molar-refractivity contribution is 6.31. The number of allylic oxidation sites excluding steroid dienone is 2. The summed E-state index contributed by atoms with van der Waals surface area (Å²) in [5.74, 6) is 0.981. The molecule has 1 saturated heterocycles. The van der Waals surface area contributed by atoms with Crippen LogP contribution in [0.1, 0.15) is 12.2 Å². The van der Waals surface area contributed by atoms with Crippen LogP contribution < -0.4 is 4.74 Å². The first-order valence-corrected chi connectivity index (χ1v) is 9.48. The number of furan rings is 1. The van der Waals surface area contributed by atoms with Crippen LogP contribution in [0, 0.1) is 23.7 Å². The molecule has 3 aliphatic rings. The van der Waals surface area contributed by atoms with Crippen LogP contribution in [0.4, 0.5) is 0 Å². The summed E-state index contributed by atoms with van der Waals surface area (Å²) in [6.07, 6.45) is 6.41. The van der Waals surface area contributed by atoms with Crippen LogP contribution >= 0.6 is 11.6 Å². The molecule has 2 aromatic rings. The van der Waals surface area contributed by atoms with E-state index in [-0.39, 0.29) is 35.5 Å². The number of benzene rings is 1. The first-order chi connectivity index (χ1) is 13.6. The molecule has 4 unspecified atom stereocenters. The molecule has 0 radical (unpaired) electrons. The Labute approximate surface area is 166 Å². The number of methoxy groups -OCH3 is 1. The number of hydrogen-bond donors (Lipinski definition) is 0. The number of hydrogen-bond acceptors (Lipinski definition) is 5. The van der Waals surface area contributed by atoms with Crippen LogP contribution in [0.2, 0.25) is 5.02 Å².